The van der Waals surface area contributed by atoms with E-state index in [0.717, 1.165) is 0 Å². The highest BCUT2D eigenvalue weighted by molar-refractivity contribution is 5.70. The maximum absolute atomic E-state index is 12.6. The molecule has 3 aliphatic rings. The van der Waals surface area contributed by atoms with Gasteiger partial charge in [0.25, 0.3) is 0 Å². The second-order valence-electron chi connectivity index (χ2n) is 17.5. The molecule has 0 amide bonds. The Morgan fingerprint density at radius 1 is 0.677 bits per heavy atom. The number of rotatable bonds is 3. The summed E-state index contributed by atoms with van der Waals surface area (Å²) >= 11 is 0. The fraction of sp³-hybridized carbons (Fsp3) is 0.660. The molecule has 12 N–H and O–H groups in total. The molecule has 2 fully saturated rings. The van der Waals surface area contributed by atoms with E-state index in [4.69, 9.17) is 24.7 Å². The number of carbonyl (C=O) groups is 2. The molecule has 18 heteroatoms. The molecule has 0 radical (unpaired) electrons. The number of carboxylic acid groups (broad SMARTS) is 1. The van der Waals surface area contributed by atoms with Gasteiger partial charge in [0, 0.05) is 43.5 Å². The predicted molar refractivity (Wildman–Crippen MR) is 234 cm³/mol. The Balaban J connectivity index is 1.86. The zero-order valence-electron chi connectivity index (χ0n) is 37.5. The molecule has 3 rings (SSSR count). The number of allylic oxidation sites excluding steroid dienone is 12. The summed E-state index contributed by atoms with van der Waals surface area (Å²) in [7, 11) is 0. The smallest absolute Gasteiger partial charge is 0.308 e. The van der Waals surface area contributed by atoms with Crippen LogP contribution < -0.4 is 10.8 Å². The summed E-state index contributed by atoms with van der Waals surface area (Å²) in [4.78, 5) is 25.0. The highest BCUT2D eigenvalue weighted by atomic mass is 16.7. The summed E-state index contributed by atoms with van der Waals surface area (Å²) in [6.07, 6.45) is 2.97. The van der Waals surface area contributed by atoms with Crippen LogP contribution in [0.2, 0.25) is 0 Å². The molecule has 3 heterocycles. The monoisotopic (exact) mass is 922 g/mol. The highest BCUT2D eigenvalue weighted by Gasteiger charge is 2.49. The summed E-state index contributed by atoms with van der Waals surface area (Å²) < 4.78 is 23.1. The molecule has 0 aromatic carbocycles. The van der Waals surface area contributed by atoms with Crippen LogP contribution >= 0.6 is 0 Å². The molecule has 0 aromatic rings. The first-order chi connectivity index (χ1) is 30.6. The Kier molecular flexibility index (Phi) is 23.6. The van der Waals surface area contributed by atoms with E-state index in [1.807, 2.05) is 13.0 Å². The van der Waals surface area contributed by atoms with Crippen molar-refractivity contribution in [3.05, 3.63) is 85.1 Å². The summed E-state index contributed by atoms with van der Waals surface area (Å²) in [6, 6.07) is -1.16. The maximum atomic E-state index is 12.6. The maximum Gasteiger partial charge on any atom is 0.308 e. The number of cyclic esters (lactones) is 1. The van der Waals surface area contributed by atoms with Crippen molar-refractivity contribution in [3.63, 3.8) is 0 Å². The van der Waals surface area contributed by atoms with E-state index in [1.54, 1.807) is 86.8 Å². The van der Waals surface area contributed by atoms with Crippen molar-refractivity contribution in [2.24, 2.45) is 23.5 Å². The number of aliphatic hydroxyl groups is 10. The van der Waals surface area contributed by atoms with Crippen molar-refractivity contribution in [2.75, 3.05) is 0 Å². The van der Waals surface area contributed by atoms with E-state index >= 15 is 0 Å². The molecular formula is C47H72NO17-. The Morgan fingerprint density at radius 3 is 1.83 bits per heavy atom. The van der Waals surface area contributed by atoms with Crippen LogP contribution in [0.1, 0.15) is 79.1 Å². The molecule has 65 heavy (non-hydrogen) atoms. The first-order valence-corrected chi connectivity index (χ1v) is 22.3. The number of carbonyl (C=O) groups excluding carboxylic acids is 2. The largest absolute Gasteiger partial charge is 0.550 e. The minimum absolute atomic E-state index is 0.113. The zero-order valence-corrected chi connectivity index (χ0v) is 37.5. The quantitative estimate of drug-likeness (QED) is 0.157. The number of hydrogen-bond acceptors (Lipinski definition) is 18. The summed E-state index contributed by atoms with van der Waals surface area (Å²) in [6.45, 7) is 6.73. The van der Waals surface area contributed by atoms with E-state index in [1.165, 1.54) is 13.0 Å². The van der Waals surface area contributed by atoms with Gasteiger partial charge in [0.2, 0.25) is 0 Å². The predicted octanol–water partition coefficient (Wildman–Crippen LogP) is -0.623. The van der Waals surface area contributed by atoms with Gasteiger partial charge < -0.3 is 85.6 Å². The summed E-state index contributed by atoms with van der Waals surface area (Å²) in [5.74, 6) is -7.22. The molecule has 2 unspecified atom stereocenters. The Hall–Kier alpha value is -3.44. The number of ether oxygens (including phenoxy) is 4. The molecule has 2 saturated heterocycles. The molecule has 3 aliphatic heterocycles. The topological polar surface area (TPSA) is 322 Å². The van der Waals surface area contributed by atoms with Crippen molar-refractivity contribution in [3.8, 4) is 0 Å². The van der Waals surface area contributed by atoms with Crippen LogP contribution in [0.5, 0.6) is 0 Å². The van der Waals surface area contributed by atoms with Gasteiger partial charge in [-0.05, 0) is 33.1 Å². The fourth-order valence-corrected chi connectivity index (χ4v) is 7.95. The third-order valence-electron chi connectivity index (χ3n) is 12.0. The first kappa shape index (κ1) is 55.9. The van der Waals surface area contributed by atoms with Gasteiger partial charge >= 0.3 is 5.97 Å². The minimum atomic E-state index is -2.35. The zero-order chi connectivity index (χ0) is 48.4. The third kappa shape index (κ3) is 18.6. The molecule has 0 saturated carbocycles. The van der Waals surface area contributed by atoms with E-state index < -0.39 is 147 Å². The summed E-state index contributed by atoms with van der Waals surface area (Å²) in [5.41, 5.74) is 6.01. The van der Waals surface area contributed by atoms with Crippen LogP contribution in [0.25, 0.3) is 0 Å². The Bertz CT molecular complexity index is 1670. The van der Waals surface area contributed by atoms with Crippen LogP contribution in [0, 0.1) is 17.8 Å². The molecule has 0 aromatic heterocycles. The number of aliphatic carboxylic acids is 1. The van der Waals surface area contributed by atoms with Crippen LogP contribution in [0.3, 0.4) is 0 Å². The second kappa shape index (κ2) is 27.4. The van der Waals surface area contributed by atoms with E-state index in [-0.39, 0.29) is 31.6 Å². The average molecular weight is 923 g/mol. The van der Waals surface area contributed by atoms with Crippen LogP contribution in [0.4, 0.5) is 0 Å². The van der Waals surface area contributed by atoms with Gasteiger partial charge in [0.05, 0.1) is 85.5 Å². The first-order valence-electron chi connectivity index (χ1n) is 22.3. The lowest BCUT2D eigenvalue weighted by atomic mass is 9.82. The van der Waals surface area contributed by atoms with Crippen LogP contribution in [-0.4, -0.2) is 160 Å². The molecule has 2 bridgehead atoms. The second-order valence-corrected chi connectivity index (χ2v) is 17.5. The van der Waals surface area contributed by atoms with Crippen LogP contribution in [0.15, 0.2) is 85.1 Å². The molecule has 368 valence electrons. The van der Waals surface area contributed by atoms with E-state index in [2.05, 4.69) is 0 Å². The normalized spacial score (nSPS) is 45.5. The SMILES string of the molecule is C[C@@H]1[C@H](O)[C@@H](C)/C=C/C=C/C=C/C=C/C=C/C=C/C=C/C(OC2O[C@H](C)[C@@H](O)[C@H](N)[C@H]2O)C[C@@H]2O[C@](O)(C[C@@H](O)C[C@@H](O)[C@H](O)CC[C@@H](O)C[C@@H](O)CC(=O)O[C@H]1C)C[C@H](O)[C@H]2C(=O)[O-]. The van der Waals surface area contributed by atoms with E-state index in [9.17, 15) is 65.8 Å². The van der Waals surface area contributed by atoms with Crippen molar-refractivity contribution >= 4 is 11.9 Å². The van der Waals surface area contributed by atoms with Gasteiger partial charge in [-0.15, -0.1) is 0 Å². The molecular weight excluding hydrogens is 851 g/mol. The fourth-order valence-electron chi connectivity index (χ4n) is 7.95. The lowest BCUT2D eigenvalue weighted by molar-refractivity contribution is -0.344. The lowest BCUT2D eigenvalue weighted by Gasteiger charge is -2.46. The van der Waals surface area contributed by atoms with Crippen molar-refractivity contribution in [1.29, 1.82) is 0 Å². The average Bonchev–Trinajstić information content (AvgIpc) is 3.21. The van der Waals surface area contributed by atoms with Gasteiger partial charge in [-0.3, -0.25) is 4.79 Å². The van der Waals surface area contributed by atoms with Crippen molar-refractivity contribution in [2.45, 2.75) is 177 Å². The third-order valence-corrected chi connectivity index (χ3v) is 12.0. The standard InChI is InChI=1S/C47H73NO17/c1-27-17-15-13-11-9-7-5-6-8-10-12-14-16-18-34(64-46-44(58)41(48)43(57)30(4)63-46)24-38-40(45(59)60)37(54)26-47(61,65-38)25-33(51)22-36(53)35(52)20-19-31(49)21-32(50)23-39(55)62-29(3)28(2)42(27)56/h5-18,27-38,40-44,46,49-54,56-58,61H,19-26,48H2,1-4H3,(H,59,60)/p-1/b6-5+,9-7+,10-8+,13-11+,14-12+,17-15+,18-16+/t27-,28-,29-,30+,31+,32+,33-,34?,35+,36+,37-,38-,40+,41-,42+,43+,44+,46?,47+/m0/s1. The molecule has 0 spiro atoms. The van der Waals surface area contributed by atoms with Gasteiger partial charge in [0.15, 0.2) is 12.1 Å². The Morgan fingerprint density at radius 2 is 1.25 bits per heavy atom. The summed E-state index contributed by atoms with van der Waals surface area (Å²) in [5, 5.41) is 120. The Labute approximate surface area is 381 Å². The minimum Gasteiger partial charge on any atom is -0.550 e. The number of carboxylic acids is 1. The van der Waals surface area contributed by atoms with Crippen LogP contribution in [-0.2, 0) is 28.5 Å². The number of hydrogen-bond donors (Lipinski definition) is 11. The molecule has 18 nitrogen and oxygen atoms in total. The van der Waals surface area contributed by atoms with Gasteiger partial charge in [-0.25, -0.2) is 0 Å². The number of fused-ring (bicyclic) bond motifs is 2. The number of aliphatic hydroxyl groups excluding tert-OH is 9. The number of nitrogens with two attached hydrogens (primary N) is 1. The molecule has 0 aliphatic carbocycles. The van der Waals surface area contributed by atoms with Gasteiger partial charge in [-0.2, -0.15) is 0 Å². The lowest BCUT2D eigenvalue weighted by Crippen LogP contribution is -2.62. The van der Waals surface area contributed by atoms with Crippen molar-refractivity contribution in [1.82, 2.24) is 0 Å². The van der Waals surface area contributed by atoms with Crippen molar-refractivity contribution < 1.29 is 84.7 Å². The van der Waals surface area contributed by atoms with E-state index in [0.29, 0.717) is 0 Å². The van der Waals surface area contributed by atoms with Gasteiger partial charge in [-0.1, -0.05) is 98.9 Å². The molecule has 19 atom stereocenters. The van der Waals surface area contributed by atoms with Gasteiger partial charge in [0.1, 0.15) is 12.2 Å². The highest BCUT2D eigenvalue weighted by Crippen LogP contribution is 2.38. The number of esters is 1.